The van der Waals surface area contributed by atoms with Crippen molar-refractivity contribution in [2.45, 2.75) is 0 Å². The normalized spacial score (nSPS) is 11.7. The van der Waals surface area contributed by atoms with Gasteiger partial charge in [-0.2, -0.15) is 0 Å². The second-order valence-corrected chi connectivity index (χ2v) is 9.64. The van der Waals surface area contributed by atoms with Crippen LogP contribution in [0.1, 0.15) is 0 Å². The van der Waals surface area contributed by atoms with Crippen molar-refractivity contribution in [2.75, 3.05) is 0 Å². The highest BCUT2D eigenvalue weighted by atomic mass is 16.3. The molecule has 0 atom stereocenters. The number of para-hydroxylation sites is 3. The zero-order valence-electron chi connectivity index (χ0n) is 20.5. The predicted octanol–water partition coefficient (Wildman–Crippen LogP) is 9.41. The Bertz CT molecular complexity index is 2080. The number of hydrogen-bond donors (Lipinski definition) is 0. The molecule has 38 heavy (non-hydrogen) atoms. The first-order valence-corrected chi connectivity index (χ1v) is 12.8. The van der Waals surface area contributed by atoms with Crippen LogP contribution < -0.4 is 0 Å². The van der Waals surface area contributed by atoms with Gasteiger partial charge in [-0.05, 0) is 65.7 Å². The summed E-state index contributed by atoms with van der Waals surface area (Å²) in [5.41, 5.74) is 10.5. The lowest BCUT2D eigenvalue weighted by Crippen LogP contribution is -1.93. The van der Waals surface area contributed by atoms with Crippen LogP contribution in [0.25, 0.3) is 71.9 Å². The van der Waals surface area contributed by atoms with E-state index in [2.05, 4.69) is 108 Å². The van der Waals surface area contributed by atoms with Crippen LogP contribution in [-0.2, 0) is 0 Å². The van der Waals surface area contributed by atoms with Crippen LogP contribution in [0.15, 0.2) is 138 Å². The Morgan fingerprint density at radius 3 is 1.89 bits per heavy atom. The summed E-state index contributed by atoms with van der Waals surface area (Å²) in [5, 5.41) is 3.59. The van der Waals surface area contributed by atoms with Gasteiger partial charge in [0.15, 0.2) is 5.58 Å². The van der Waals surface area contributed by atoms with Crippen LogP contribution in [0.5, 0.6) is 0 Å². The predicted molar refractivity (Wildman–Crippen MR) is 157 cm³/mol. The van der Waals surface area contributed by atoms with Crippen molar-refractivity contribution in [3.05, 3.63) is 133 Å². The van der Waals surface area contributed by atoms with E-state index >= 15 is 0 Å². The molecule has 3 heterocycles. The highest BCUT2D eigenvalue weighted by Gasteiger charge is 2.13. The molecule has 8 aromatic rings. The van der Waals surface area contributed by atoms with Crippen molar-refractivity contribution < 1.29 is 4.42 Å². The fourth-order valence-corrected chi connectivity index (χ4v) is 5.61. The monoisotopic (exact) mass is 486 g/mol. The topological polar surface area (TPSA) is 31.0 Å². The average Bonchev–Trinajstić information content (AvgIpc) is 3.53. The first kappa shape index (κ1) is 21.0. The van der Waals surface area contributed by atoms with Crippen LogP contribution in [0.2, 0.25) is 0 Å². The molecule has 0 spiro atoms. The third-order valence-corrected chi connectivity index (χ3v) is 7.42. The zero-order valence-corrected chi connectivity index (χ0v) is 20.5. The van der Waals surface area contributed by atoms with Crippen LogP contribution >= 0.6 is 0 Å². The number of nitrogens with zero attached hydrogens (tertiary/aromatic N) is 2. The number of fused-ring (bicyclic) bond motifs is 6. The molecule has 0 unspecified atom stereocenters. The van der Waals surface area contributed by atoms with Crippen molar-refractivity contribution in [1.29, 1.82) is 0 Å². The maximum absolute atomic E-state index is 5.97. The average molecular weight is 487 g/mol. The molecule has 0 aliphatic heterocycles. The SMILES string of the molecule is c1cc(-c2ccc(-n3c4ccccc4c4ccccc43)cc2)cc(-c2ccc3oc4ccccc4c3n2)c1. The molecule has 8 rings (SSSR count). The zero-order chi connectivity index (χ0) is 25.1. The van der Waals surface area contributed by atoms with Crippen LogP contribution in [0.4, 0.5) is 0 Å². The fraction of sp³-hybridized carbons (Fsp3) is 0. The van der Waals surface area contributed by atoms with E-state index in [0.717, 1.165) is 44.6 Å². The smallest absolute Gasteiger partial charge is 0.153 e. The lowest BCUT2D eigenvalue weighted by molar-refractivity contribution is 0.668. The number of benzene rings is 5. The van der Waals surface area contributed by atoms with Gasteiger partial charge >= 0.3 is 0 Å². The molecule has 0 aliphatic carbocycles. The summed E-state index contributed by atoms with van der Waals surface area (Å²) >= 11 is 0. The number of aromatic nitrogens is 2. The summed E-state index contributed by atoms with van der Waals surface area (Å²) in [6.07, 6.45) is 0. The van der Waals surface area contributed by atoms with Crippen LogP contribution in [-0.4, -0.2) is 9.55 Å². The number of pyridine rings is 1. The maximum Gasteiger partial charge on any atom is 0.153 e. The third kappa shape index (κ3) is 3.19. The summed E-state index contributed by atoms with van der Waals surface area (Å²) in [4.78, 5) is 4.98. The molecule has 0 fully saturated rings. The van der Waals surface area contributed by atoms with Crippen molar-refractivity contribution >= 4 is 43.9 Å². The van der Waals surface area contributed by atoms with Gasteiger partial charge in [0.25, 0.3) is 0 Å². The van der Waals surface area contributed by atoms with Crippen LogP contribution in [0, 0.1) is 0 Å². The molecule has 5 aromatic carbocycles. The Kier molecular flexibility index (Phi) is 4.52. The summed E-state index contributed by atoms with van der Waals surface area (Å²) in [6, 6.07) is 46.8. The minimum absolute atomic E-state index is 0.812. The minimum atomic E-state index is 0.812. The Morgan fingerprint density at radius 2 is 1.13 bits per heavy atom. The lowest BCUT2D eigenvalue weighted by Gasteiger charge is -2.10. The quantitative estimate of drug-likeness (QED) is 0.249. The Labute approximate surface area is 219 Å². The summed E-state index contributed by atoms with van der Waals surface area (Å²) in [7, 11) is 0. The molecule has 0 N–H and O–H groups in total. The Hall–Kier alpha value is -5.15. The van der Waals surface area contributed by atoms with Crippen molar-refractivity contribution in [3.63, 3.8) is 0 Å². The van der Waals surface area contributed by atoms with E-state index < -0.39 is 0 Å². The second-order valence-electron chi connectivity index (χ2n) is 9.64. The van der Waals surface area contributed by atoms with Gasteiger partial charge in [0, 0.05) is 27.4 Å². The molecule has 0 saturated carbocycles. The largest absolute Gasteiger partial charge is 0.454 e. The molecular formula is C35H22N2O. The summed E-state index contributed by atoms with van der Waals surface area (Å²) in [6.45, 7) is 0. The van der Waals surface area contributed by atoms with Gasteiger partial charge in [-0.1, -0.05) is 78.9 Å². The van der Waals surface area contributed by atoms with E-state index in [1.807, 2.05) is 30.3 Å². The van der Waals surface area contributed by atoms with Gasteiger partial charge in [0.2, 0.25) is 0 Å². The maximum atomic E-state index is 5.97. The van der Waals surface area contributed by atoms with Gasteiger partial charge in [0.1, 0.15) is 11.1 Å². The molecule has 3 aromatic heterocycles. The van der Waals surface area contributed by atoms with Gasteiger partial charge in [-0.15, -0.1) is 0 Å². The molecule has 178 valence electrons. The first-order valence-electron chi connectivity index (χ1n) is 12.8. The Morgan fingerprint density at radius 1 is 0.474 bits per heavy atom. The fourth-order valence-electron chi connectivity index (χ4n) is 5.61. The standard InChI is InChI=1S/C35H22N2O/c1-4-13-31-27(10-1)28-11-2-5-14-32(28)37(31)26-18-16-23(17-19-26)24-8-7-9-25(22-24)30-20-21-34-35(36-30)29-12-3-6-15-33(29)38-34/h1-22H. The highest BCUT2D eigenvalue weighted by molar-refractivity contribution is 6.09. The molecule has 0 bridgehead atoms. The molecule has 3 nitrogen and oxygen atoms in total. The molecule has 0 saturated heterocycles. The van der Waals surface area contributed by atoms with E-state index in [9.17, 15) is 0 Å². The van der Waals surface area contributed by atoms with E-state index in [4.69, 9.17) is 9.40 Å². The molecular weight excluding hydrogens is 464 g/mol. The van der Waals surface area contributed by atoms with Crippen molar-refractivity contribution in [3.8, 4) is 28.1 Å². The molecule has 0 amide bonds. The third-order valence-electron chi connectivity index (χ3n) is 7.42. The second kappa shape index (κ2) is 8.19. The van der Waals surface area contributed by atoms with Gasteiger partial charge < -0.3 is 8.98 Å². The summed E-state index contributed by atoms with van der Waals surface area (Å²) < 4.78 is 8.31. The summed E-state index contributed by atoms with van der Waals surface area (Å²) in [5.74, 6) is 0. The van der Waals surface area contributed by atoms with Crippen molar-refractivity contribution in [2.24, 2.45) is 0 Å². The first-order chi connectivity index (χ1) is 18.8. The van der Waals surface area contributed by atoms with E-state index in [0.29, 0.717) is 0 Å². The van der Waals surface area contributed by atoms with Gasteiger partial charge in [0.05, 0.1) is 16.7 Å². The number of rotatable bonds is 3. The molecule has 0 radical (unpaired) electrons. The van der Waals surface area contributed by atoms with E-state index in [-0.39, 0.29) is 0 Å². The molecule has 0 aliphatic rings. The minimum Gasteiger partial charge on any atom is -0.454 e. The lowest BCUT2D eigenvalue weighted by atomic mass is 10.0. The van der Waals surface area contributed by atoms with Crippen molar-refractivity contribution in [1.82, 2.24) is 9.55 Å². The molecule has 3 heteroatoms. The Balaban J connectivity index is 1.20. The van der Waals surface area contributed by atoms with E-state index in [1.165, 1.54) is 27.4 Å². The number of furan rings is 1. The van der Waals surface area contributed by atoms with Gasteiger partial charge in [-0.25, -0.2) is 4.98 Å². The number of hydrogen-bond acceptors (Lipinski definition) is 2. The van der Waals surface area contributed by atoms with E-state index in [1.54, 1.807) is 0 Å². The van der Waals surface area contributed by atoms with Gasteiger partial charge in [-0.3, -0.25) is 0 Å². The van der Waals surface area contributed by atoms with Crippen LogP contribution in [0.3, 0.4) is 0 Å². The highest BCUT2D eigenvalue weighted by Crippen LogP contribution is 2.34.